The highest BCUT2D eigenvalue weighted by Gasteiger charge is 2.15. The van der Waals surface area contributed by atoms with Gasteiger partial charge in [0.15, 0.2) is 0 Å². The van der Waals surface area contributed by atoms with Crippen LogP contribution >= 0.6 is 0 Å². The molecular formula is C7H10N2O2. The highest BCUT2D eigenvalue weighted by atomic mass is 16.5. The zero-order chi connectivity index (χ0) is 8.27. The summed E-state index contributed by atoms with van der Waals surface area (Å²) in [7, 11) is 1.31. The molecule has 0 radical (unpaired) electrons. The van der Waals surface area contributed by atoms with Crippen LogP contribution in [-0.2, 0) is 9.53 Å². The van der Waals surface area contributed by atoms with Crippen molar-refractivity contribution in [2.75, 3.05) is 7.11 Å². The fourth-order valence-corrected chi connectivity index (χ4v) is 0.792. The molecule has 0 bridgehead atoms. The van der Waals surface area contributed by atoms with Crippen molar-refractivity contribution in [1.82, 2.24) is 4.98 Å². The molecule has 0 aromatic carbocycles. The monoisotopic (exact) mass is 154 g/mol. The average molecular weight is 154 g/mol. The van der Waals surface area contributed by atoms with Crippen molar-refractivity contribution in [3.05, 3.63) is 24.0 Å². The molecule has 1 heterocycles. The second-order valence-corrected chi connectivity index (χ2v) is 2.13. The van der Waals surface area contributed by atoms with Gasteiger partial charge in [0.25, 0.3) is 0 Å². The lowest BCUT2D eigenvalue weighted by molar-refractivity contribution is -0.142. The van der Waals surface area contributed by atoms with Crippen molar-refractivity contribution in [2.45, 2.75) is 6.04 Å². The van der Waals surface area contributed by atoms with E-state index < -0.39 is 12.0 Å². The molecule has 0 spiro atoms. The molecule has 0 aliphatic rings. The normalized spacial score (nSPS) is 12.5. The third kappa shape index (κ3) is 1.59. The number of nitrogens with one attached hydrogen (secondary N) is 1. The van der Waals surface area contributed by atoms with Gasteiger partial charge in [-0.2, -0.15) is 0 Å². The van der Waals surface area contributed by atoms with E-state index in [1.54, 1.807) is 18.3 Å². The van der Waals surface area contributed by atoms with Gasteiger partial charge in [0.05, 0.1) is 7.11 Å². The van der Waals surface area contributed by atoms with Gasteiger partial charge < -0.3 is 15.5 Å². The van der Waals surface area contributed by atoms with Gasteiger partial charge in [-0.15, -0.1) is 0 Å². The number of ether oxygens (including phenoxy) is 1. The Morgan fingerprint density at radius 1 is 1.82 bits per heavy atom. The van der Waals surface area contributed by atoms with Crippen molar-refractivity contribution in [2.24, 2.45) is 5.73 Å². The van der Waals surface area contributed by atoms with Crippen LogP contribution in [0.5, 0.6) is 0 Å². The smallest absolute Gasteiger partial charge is 0.328 e. The van der Waals surface area contributed by atoms with E-state index in [0.717, 1.165) is 0 Å². The molecule has 0 saturated carbocycles. The molecule has 0 unspecified atom stereocenters. The Kier molecular flexibility index (Phi) is 2.28. The van der Waals surface area contributed by atoms with Crippen LogP contribution in [0.25, 0.3) is 0 Å². The molecule has 0 aliphatic carbocycles. The fourth-order valence-electron chi connectivity index (χ4n) is 0.792. The predicted molar refractivity (Wildman–Crippen MR) is 39.7 cm³/mol. The fraction of sp³-hybridized carbons (Fsp3) is 0.286. The number of rotatable bonds is 2. The Labute approximate surface area is 64.4 Å². The number of nitrogens with two attached hydrogens (primary N) is 1. The molecule has 11 heavy (non-hydrogen) atoms. The maximum atomic E-state index is 10.8. The molecule has 1 rings (SSSR count). The van der Waals surface area contributed by atoms with Crippen molar-refractivity contribution >= 4 is 5.97 Å². The quantitative estimate of drug-likeness (QED) is 0.597. The molecule has 60 valence electrons. The summed E-state index contributed by atoms with van der Waals surface area (Å²) in [6.07, 6.45) is 1.71. The number of hydrogen-bond acceptors (Lipinski definition) is 3. The third-order valence-corrected chi connectivity index (χ3v) is 1.41. The van der Waals surface area contributed by atoms with Gasteiger partial charge in [-0.25, -0.2) is 4.79 Å². The standard InChI is InChI=1S/C7H10N2O2/c1-11-7(10)6(8)5-3-2-4-9-5/h2-4,6,9H,8H2,1H3/t6-/m0/s1. The molecule has 1 aromatic rings. The van der Waals surface area contributed by atoms with Crippen molar-refractivity contribution in [3.63, 3.8) is 0 Å². The zero-order valence-corrected chi connectivity index (χ0v) is 6.20. The first-order valence-corrected chi connectivity index (χ1v) is 3.22. The molecule has 4 nitrogen and oxygen atoms in total. The first kappa shape index (κ1) is 7.81. The average Bonchev–Trinajstić information content (AvgIpc) is 2.53. The van der Waals surface area contributed by atoms with Gasteiger partial charge in [0.1, 0.15) is 6.04 Å². The summed E-state index contributed by atoms with van der Waals surface area (Å²) in [5, 5.41) is 0. The van der Waals surface area contributed by atoms with Crippen LogP contribution in [0.4, 0.5) is 0 Å². The van der Waals surface area contributed by atoms with E-state index in [2.05, 4.69) is 9.72 Å². The van der Waals surface area contributed by atoms with Gasteiger partial charge in [0, 0.05) is 11.9 Å². The molecule has 0 saturated heterocycles. The maximum Gasteiger partial charge on any atom is 0.328 e. The summed E-state index contributed by atoms with van der Waals surface area (Å²) in [6, 6.07) is 2.81. The van der Waals surface area contributed by atoms with E-state index in [0.29, 0.717) is 5.69 Å². The minimum atomic E-state index is -0.699. The Bertz CT molecular complexity index is 231. The van der Waals surface area contributed by atoms with E-state index in [1.807, 2.05) is 0 Å². The Morgan fingerprint density at radius 2 is 2.55 bits per heavy atom. The predicted octanol–water partition coefficient (Wildman–Crippen LogP) is 0.187. The second kappa shape index (κ2) is 3.21. The van der Waals surface area contributed by atoms with Crippen molar-refractivity contribution < 1.29 is 9.53 Å². The number of methoxy groups -OCH3 is 1. The summed E-state index contributed by atoms with van der Waals surface area (Å²) in [6.45, 7) is 0. The largest absolute Gasteiger partial charge is 0.468 e. The summed E-state index contributed by atoms with van der Waals surface area (Å²) < 4.78 is 4.45. The lowest BCUT2D eigenvalue weighted by Crippen LogP contribution is -2.22. The molecule has 0 aliphatic heterocycles. The second-order valence-electron chi connectivity index (χ2n) is 2.13. The minimum absolute atomic E-state index is 0.438. The maximum absolute atomic E-state index is 10.8. The number of hydrogen-bond donors (Lipinski definition) is 2. The van der Waals surface area contributed by atoms with Crippen LogP contribution in [0, 0.1) is 0 Å². The molecule has 0 fully saturated rings. The molecule has 1 aromatic heterocycles. The van der Waals surface area contributed by atoms with E-state index in [1.165, 1.54) is 7.11 Å². The molecule has 0 amide bonds. The van der Waals surface area contributed by atoms with Crippen LogP contribution in [-0.4, -0.2) is 18.1 Å². The topological polar surface area (TPSA) is 68.1 Å². The van der Waals surface area contributed by atoms with Gasteiger partial charge in [-0.1, -0.05) is 0 Å². The van der Waals surface area contributed by atoms with Gasteiger partial charge in [-0.3, -0.25) is 0 Å². The summed E-state index contributed by atoms with van der Waals surface area (Å²) >= 11 is 0. The van der Waals surface area contributed by atoms with Crippen LogP contribution in [0.3, 0.4) is 0 Å². The van der Waals surface area contributed by atoms with Crippen molar-refractivity contribution in [3.8, 4) is 0 Å². The van der Waals surface area contributed by atoms with Gasteiger partial charge in [0.2, 0.25) is 0 Å². The van der Waals surface area contributed by atoms with Gasteiger partial charge in [-0.05, 0) is 12.1 Å². The first-order valence-electron chi connectivity index (χ1n) is 3.22. The summed E-state index contributed by atoms with van der Waals surface area (Å²) in [4.78, 5) is 13.7. The highest BCUT2D eigenvalue weighted by molar-refractivity contribution is 5.76. The van der Waals surface area contributed by atoms with E-state index in [4.69, 9.17) is 5.73 Å². The molecule has 1 atom stereocenters. The van der Waals surface area contributed by atoms with Crippen LogP contribution in [0.1, 0.15) is 11.7 Å². The number of aromatic amines is 1. The summed E-state index contributed by atoms with van der Waals surface area (Å²) in [5.74, 6) is -0.438. The van der Waals surface area contributed by atoms with Crippen LogP contribution < -0.4 is 5.73 Å². The Morgan fingerprint density at radius 3 is 3.00 bits per heavy atom. The van der Waals surface area contributed by atoms with Crippen molar-refractivity contribution in [1.29, 1.82) is 0 Å². The first-order chi connectivity index (χ1) is 5.25. The zero-order valence-electron chi connectivity index (χ0n) is 6.20. The summed E-state index contributed by atoms with van der Waals surface area (Å²) in [5.41, 5.74) is 6.15. The number of carbonyl (C=O) groups excluding carboxylic acids is 1. The lowest BCUT2D eigenvalue weighted by Gasteiger charge is -2.05. The number of H-pyrrole nitrogens is 1. The third-order valence-electron chi connectivity index (χ3n) is 1.41. The Balaban J connectivity index is 2.70. The molecule has 3 N–H and O–H groups in total. The van der Waals surface area contributed by atoms with E-state index >= 15 is 0 Å². The van der Waals surface area contributed by atoms with Gasteiger partial charge >= 0.3 is 5.97 Å². The van der Waals surface area contributed by atoms with E-state index in [9.17, 15) is 4.79 Å². The number of esters is 1. The SMILES string of the molecule is COC(=O)[C@@H](N)c1ccc[nH]1. The molecule has 4 heteroatoms. The van der Waals surface area contributed by atoms with E-state index in [-0.39, 0.29) is 0 Å². The number of aromatic nitrogens is 1. The van der Waals surface area contributed by atoms with Crippen LogP contribution in [0.15, 0.2) is 18.3 Å². The number of carbonyl (C=O) groups is 1. The Hall–Kier alpha value is -1.29. The molecular weight excluding hydrogens is 144 g/mol. The van der Waals surface area contributed by atoms with Crippen LogP contribution in [0.2, 0.25) is 0 Å². The lowest BCUT2D eigenvalue weighted by atomic mass is 10.2. The minimum Gasteiger partial charge on any atom is -0.468 e. The highest BCUT2D eigenvalue weighted by Crippen LogP contribution is 2.07.